The minimum absolute atomic E-state index is 0.0742. The molecule has 1 aliphatic heterocycles. The van der Waals surface area contributed by atoms with E-state index in [-0.39, 0.29) is 12.1 Å². The van der Waals surface area contributed by atoms with Gasteiger partial charge < -0.3 is 15.5 Å². The van der Waals surface area contributed by atoms with Gasteiger partial charge in [-0.2, -0.15) is 0 Å². The lowest BCUT2D eigenvalue weighted by molar-refractivity contribution is 0.155. The predicted octanol–water partition coefficient (Wildman–Crippen LogP) is 0.0911. The van der Waals surface area contributed by atoms with Crippen molar-refractivity contribution in [2.75, 3.05) is 27.2 Å². The molecule has 2 amide bonds. The van der Waals surface area contributed by atoms with Crippen LogP contribution in [0.1, 0.15) is 12.8 Å². The van der Waals surface area contributed by atoms with E-state index < -0.39 is 0 Å². The molecule has 0 bridgehead atoms. The van der Waals surface area contributed by atoms with Crippen molar-refractivity contribution >= 4 is 6.03 Å². The molecule has 0 unspecified atom stereocenters. The second kappa shape index (κ2) is 3.76. The third kappa shape index (κ3) is 2.11. The first-order valence-corrected chi connectivity index (χ1v) is 4.33. The highest BCUT2D eigenvalue weighted by molar-refractivity contribution is 5.73. The molecular formula is C8H17N3O. The average Bonchev–Trinajstić information content (AvgIpc) is 2.03. The molecule has 4 nitrogen and oxygen atoms in total. The quantitative estimate of drug-likeness (QED) is 0.561. The molecule has 0 spiro atoms. The number of piperidine rings is 1. The van der Waals surface area contributed by atoms with Gasteiger partial charge in [-0.1, -0.05) is 0 Å². The van der Waals surface area contributed by atoms with Crippen molar-refractivity contribution in [3.8, 4) is 0 Å². The zero-order chi connectivity index (χ0) is 9.14. The van der Waals surface area contributed by atoms with Crippen molar-refractivity contribution in [3.63, 3.8) is 0 Å². The number of likely N-dealkylation sites (tertiary alicyclic amines) is 1. The summed E-state index contributed by atoms with van der Waals surface area (Å²) in [5, 5.41) is 0. The van der Waals surface area contributed by atoms with Crippen LogP contribution < -0.4 is 5.73 Å². The Bertz CT molecular complexity index is 170. The summed E-state index contributed by atoms with van der Waals surface area (Å²) in [6, 6.07) is 0.243. The molecule has 2 N–H and O–H groups in total. The van der Waals surface area contributed by atoms with Gasteiger partial charge in [0.05, 0.1) is 0 Å². The maximum Gasteiger partial charge on any atom is 0.319 e. The third-order valence-corrected chi connectivity index (χ3v) is 2.11. The summed E-state index contributed by atoms with van der Waals surface area (Å²) >= 11 is 0. The van der Waals surface area contributed by atoms with Crippen LogP contribution in [0.4, 0.5) is 4.79 Å². The monoisotopic (exact) mass is 171 g/mol. The van der Waals surface area contributed by atoms with E-state index in [0.717, 1.165) is 19.4 Å². The Morgan fingerprint density at radius 1 is 1.58 bits per heavy atom. The van der Waals surface area contributed by atoms with Crippen LogP contribution >= 0.6 is 0 Å². The highest BCUT2D eigenvalue weighted by atomic mass is 16.2. The van der Waals surface area contributed by atoms with Crippen LogP contribution in [-0.4, -0.2) is 49.1 Å². The number of urea groups is 1. The van der Waals surface area contributed by atoms with E-state index in [4.69, 9.17) is 5.73 Å². The van der Waals surface area contributed by atoms with Crippen LogP contribution in [-0.2, 0) is 0 Å². The number of carbonyl (C=O) groups excluding carboxylic acids is 1. The van der Waals surface area contributed by atoms with E-state index >= 15 is 0 Å². The van der Waals surface area contributed by atoms with Crippen molar-refractivity contribution < 1.29 is 4.79 Å². The first-order chi connectivity index (χ1) is 5.61. The summed E-state index contributed by atoms with van der Waals surface area (Å²) in [6.45, 7) is 1.56. The van der Waals surface area contributed by atoms with Gasteiger partial charge in [-0.15, -0.1) is 0 Å². The van der Waals surface area contributed by atoms with Crippen LogP contribution in [0.25, 0.3) is 0 Å². The number of amides is 2. The van der Waals surface area contributed by atoms with Crippen LogP contribution in [0.3, 0.4) is 0 Å². The molecule has 1 saturated heterocycles. The number of hydrogen-bond donors (Lipinski definition) is 1. The van der Waals surface area contributed by atoms with Gasteiger partial charge >= 0.3 is 6.03 Å². The fraction of sp³-hybridized carbons (Fsp3) is 0.875. The maximum absolute atomic E-state index is 11.4. The van der Waals surface area contributed by atoms with Crippen molar-refractivity contribution in [3.05, 3.63) is 0 Å². The smallest absolute Gasteiger partial charge is 0.319 e. The average molecular weight is 171 g/mol. The van der Waals surface area contributed by atoms with Crippen molar-refractivity contribution in [2.24, 2.45) is 5.73 Å². The molecule has 70 valence electrons. The zero-order valence-corrected chi connectivity index (χ0v) is 7.79. The summed E-state index contributed by atoms with van der Waals surface area (Å²) in [5.74, 6) is 0. The summed E-state index contributed by atoms with van der Waals surface area (Å²) in [7, 11) is 3.53. The Morgan fingerprint density at radius 3 is 2.75 bits per heavy atom. The van der Waals surface area contributed by atoms with E-state index in [9.17, 15) is 4.79 Å². The van der Waals surface area contributed by atoms with Gasteiger partial charge in [-0.3, -0.25) is 0 Å². The van der Waals surface area contributed by atoms with Crippen molar-refractivity contribution in [1.82, 2.24) is 9.80 Å². The highest BCUT2D eigenvalue weighted by Gasteiger charge is 2.21. The molecule has 4 heteroatoms. The van der Waals surface area contributed by atoms with Gasteiger partial charge in [-0.05, 0) is 12.8 Å². The molecule has 1 fully saturated rings. The summed E-state index contributed by atoms with van der Waals surface area (Å²) in [6.07, 6.45) is 2.07. The molecule has 1 heterocycles. The van der Waals surface area contributed by atoms with E-state index in [2.05, 4.69) is 0 Å². The van der Waals surface area contributed by atoms with E-state index in [1.165, 1.54) is 0 Å². The standard InChI is InChI=1S/C8H17N3O/c1-10(2)8(12)11-5-3-4-7(9)6-11/h7H,3-6,9H2,1-2H3/t7-/m0/s1. The first-order valence-electron chi connectivity index (χ1n) is 4.33. The van der Waals surface area contributed by atoms with Crippen LogP contribution in [0.2, 0.25) is 0 Å². The molecule has 1 aliphatic rings. The van der Waals surface area contributed by atoms with Gasteiger partial charge in [0, 0.05) is 33.2 Å². The number of nitrogens with two attached hydrogens (primary N) is 1. The van der Waals surface area contributed by atoms with Gasteiger partial charge in [-0.25, -0.2) is 4.79 Å². The lowest BCUT2D eigenvalue weighted by Crippen LogP contribution is -2.49. The fourth-order valence-corrected chi connectivity index (χ4v) is 1.47. The number of nitrogens with zero attached hydrogens (tertiary/aromatic N) is 2. The molecule has 0 saturated carbocycles. The summed E-state index contributed by atoms with van der Waals surface area (Å²) in [5.41, 5.74) is 5.75. The second-order valence-corrected chi connectivity index (χ2v) is 3.53. The Hall–Kier alpha value is -0.770. The zero-order valence-electron chi connectivity index (χ0n) is 7.79. The number of hydrogen-bond acceptors (Lipinski definition) is 2. The van der Waals surface area contributed by atoms with Gasteiger partial charge in [0.15, 0.2) is 0 Å². The molecule has 0 aliphatic carbocycles. The molecule has 12 heavy (non-hydrogen) atoms. The minimum Gasteiger partial charge on any atom is -0.331 e. The third-order valence-electron chi connectivity index (χ3n) is 2.11. The number of rotatable bonds is 0. The molecular weight excluding hydrogens is 154 g/mol. The lowest BCUT2D eigenvalue weighted by Gasteiger charge is -2.32. The number of carbonyl (C=O) groups is 1. The highest BCUT2D eigenvalue weighted by Crippen LogP contribution is 2.09. The second-order valence-electron chi connectivity index (χ2n) is 3.53. The van der Waals surface area contributed by atoms with E-state index in [1.54, 1.807) is 19.0 Å². The molecule has 1 atom stereocenters. The van der Waals surface area contributed by atoms with Gasteiger partial charge in [0.25, 0.3) is 0 Å². The Morgan fingerprint density at radius 2 is 2.25 bits per heavy atom. The van der Waals surface area contributed by atoms with Gasteiger partial charge in [0.1, 0.15) is 0 Å². The fourth-order valence-electron chi connectivity index (χ4n) is 1.47. The SMILES string of the molecule is CN(C)C(=O)N1CCC[C@H](N)C1. The molecule has 1 rings (SSSR count). The van der Waals surface area contributed by atoms with Crippen LogP contribution in [0.15, 0.2) is 0 Å². The van der Waals surface area contributed by atoms with E-state index in [1.807, 2.05) is 4.90 Å². The van der Waals surface area contributed by atoms with E-state index in [0.29, 0.717) is 6.54 Å². The Balaban J connectivity index is 2.46. The summed E-state index contributed by atoms with van der Waals surface area (Å²) < 4.78 is 0. The first kappa shape index (κ1) is 9.32. The predicted molar refractivity (Wildman–Crippen MR) is 47.9 cm³/mol. The van der Waals surface area contributed by atoms with Crippen molar-refractivity contribution in [1.29, 1.82) is 0 Å². The maximum atomic E-state index is 11.4. The normalized spacial score (nSPS) is 23.9. The largest absolute Gasteiger partial charge is 0.331 e. The molecule has 0 aromatic carbocycles. The van der Waals surface area contributed by atoms with Gasteiger partial charge in [0.2, 0.25) is 0 Å². The lowest BCUT2D eigenvalue weighted by atomic mass is 10.1. The Labute approximate surface area is 73.3 Å². The van der Waals surface area contributed by atoms with Crippen LogP contribution in [0.5, 0.6) is 0 Å². The Kier molecular flexibility index (Phi) is 2.92. The van der Waals surface area contributed by atoms with Crippen molar-refractivity contribution in [2.45, 2.75) is 18.9 Å². The molecule has 0 radical (unpaired) electrons. The molecule has 0 aromatic heterocycles. The van der Waals surface area contributed by atoms with Crippen LogP contribution in [0, 0.1) is 0 Å². The summed E-state index contributed by atoms with van der Waals surface area (Å²) in [4.78, 5) is 14.8. The molecule has 0 aromatic rings. The minimum atomic E-state index is 0.0742. The topological polar surface area (TPSA) is 49.6 Å².